The molecule has 0 atom stereocenters. The Morgan fingerprint density at radius 1 is 0.967 bits per heavy atom. The third kappa shape index (κ3) is 4.67. The SMILES string of the molecule is Cc1ccc(C)c(C(=O)CCC(=O)N(C)Cc2c(C)nn(-c3ccccc3)c2C)c1. The highest BCUT2D eigenvalue weighted by molar-refractivity contribution is 5.99. The summed E-state index contributed by atoms with van der Waals surface area (Å²) in [5.74, 6) is -0.0258. The van der Waals surface area contributed by atoms with Crippen molar-refractivity contribution in [3.05, 3.63) is 82.2 Å². The molecule has 0 unspecified atom stereocenters. The first-order valence-electron chi connectivity index (χ1n) is 10.2. The van der Waals surface area contributed by atoms with Crippen molar-refractivity contribution < 1.29 is 9.59 Å². The predicted molar refractivity (Wildman–Crippen MR) is 119 cm³/mol. The average Bonchev–Trinajstić information content (AvgIpc) is 3.02. The molecule has 2 aromatic carbocycles. The molecule has 0 aliphatic carbocycles. The van der Waals surface area contributed by atoms with Crippen molar-refractivity contribution in [3.63, 3.8) is 0 Å². The van der Waals surface area contributed by atoms with Crippen molar-refractivity contribution in [1.29, 1.82) is 0 Å². The maximum atomic E-state index is 12.7. The molecule has 1 amide bonds. The zero-order valence-electron chi connectivity index (χ0n) is 18.4. The fourth-order valence-electron chi connectivity index (χ4n) is 3.63. The number of hydrogen-bond donors (Lipinski definition) is 0. The van der Waals surface area contributed by atoms with E-state index in [4.69, 9.17) is 0 Å². The van der Waals surface area contributed by atoms with Gasteiger partial charge in [0.05, 0.1) is 11.4 Å². The van der Waals surface area contributed by atoms with Crippen molar-refractivity contribution in [2.45, 2.75) is 47.1 Å². The molecule has 3 aromatic rings. The molecular formula is C25H29N3O2. The Labute approximate surface area is 178 Å². The molecule has 5 nitrogen and oxygen atoms in total. The van der Waals surface area contributed by atoms with Gasteiger partial charge in [-0.2, -0.15) is 5.10 Å². The summed E-state index contributed by atoms with van der Waals surface area (Å²) in [5, 5.41) is 4.65. The van der Waals surface area contributed by atoms with E-state index in [1.54, 1.807) is 11.9 Å². The number of benzene rings is 2. The van der Waals surface area contributed by atoms with Crippen LogP contribution in [0.3, 0.4) is 0 Å². The van der Waals surface area contributed by atoms with Crippen molar-refractivity contribution in [2.75, 3.05) is 7.05 Å². The van der Waals surface area contributed by atoms with E-state index in [1.807, 2.05) is 80.9 Å². The number of hydrogen-bond acceptors (Lipinski definition) is 3. The van der Waals surface area contributed by atoms with Crippen LogP contribution in [0.4, 0.5) is 0 Å². The van der Waals surface area contributed by atoms with Gasteiger partial charge in [-0.05, 0) is 51.5 Å². The molecular weight excluding hydrogens is 374 g/mol. The molecule has 0 aliphatic rings. The third-order valence-electron chi connectivity index (χ3n) is 5.52. The minimum Gasteiger partial charge on any atom is -0.341 e. The van der Waals surface area contributed by atoms with Gasteiger partial charge in [-0.3, -0.25) is 9.59 Å². The van der Waals surface area contributed by atoms with Gasteiger partial charge in [-0.15, -0.1) is 0 Å². The van der Waals surface area contributed by atoms with Gasteiger partial charge in [-0.25, -0.2) is 4.68 Å². The normalized spacial score (nSPS) is 10.8. The summed E-state index contributed by atoms with van der Waals surface area (Å²) in [6.07, 6.45) is 0.419. The summed E-state index contributed by atoms with van der Waals surface area (Å²) in [7, 11) is 1.78. The maximum absolute atomic E-state index is 12.7. The first-order chi connectivity index (χ1) is 14.3. The van der Waals surface area contributed by atoms with Crippen LogP contribution in [0.25, 0.3) is 5.69 Å². The molecule has 0 spiro atoms. The lowest BCUT2D eigenvalue weighted by Crippen LogP contribution is -2.27. The Morgan fingerprint density at radius 2 is 1.67 bits per heavy atom. The zero-order chi connectivity index (χ0) is 21.8. The number of carbonyl (C=O) groups excluding carboxylic acids is 2. The Kier molecular flexibility index (Phi) is 6.50. The lowest BCUT2D eigenvalue weighted by Gasteiger charge is -2.18. The molecule has 0 saturated heterocycles. The Bertz CT molecular complexity index is 1070. The average molecular weight is 404 g/mol. The van der Waals surface area contributed by atoms with Crippen LogP contribution in [-0.4, -0.2) is 33.4 Å². The van der Waals surface area contributed by atoms with E-state index in [-0.39, 0.29) is 24.5 Å². The molecule has 0 aliphatic heterocycles. The van der Waals surface area contributed by atoms with Gasteiger partial charge in [0, 0.05) is 43.3 Å². The fourth-order valence-corrected chi connectivity index (χ4v) is 3.63. The number of aromatic nitrogens is 2. The number of aryl methyl sites for hydroxylation is 3. The van der Waals surface area contributed by atoms with E-state index in [9.17, 15) is 9.59 Å². The molecule has 0 radical (unpaired) electrons. The molecule has 1 aromatic heterocycles. The third-order valence-corrected chi connectivity index (χ3v) is 5.52. The van der Waals surface area contributed by atoms with E-state index >= 15 is 0 Å². The largest absolute Gasteiger partial charge is 0.341 e. The Hall–Kier alpha value is -3.21. The molecule has 156 valence electrons. The highest BCUT2D eigenvalue weighted by Gasteiger charge is 2.18. The van der Waals surface area contributed by atoms with Crippen LogP contribution in [0.1, 0.15) is 51.3 Å². The summed E-state index contributed by atoms with van der Waals surface area (Å²) in [6, 6.07) is 15.8. The first-order valence-corrected chi connectivity index (χ1v) is 10.2. The highest BCUT2D eigenvalue weighted by Crippen LogP contribution is 2.20. The topological polar surface area (TPSA) is 55.2 Å². The van der Waals surface area contributed by atoms with Crippen molar-refractivity contribution >= 4 is 11.7 Å². The molecule has 0 fully saturated rings. The van der Waals surface area contributed by atoms with Crippen molar-refractivity contribution in [1.82, 2.24) is 14.7 Å². The Balaban J connectivity index is 1.65. The van der Waals surface area contributed by atoms with E-state index in [0.717, 1.165) is 33.8 Å². The molecule has 3 rings (SSSR count). The second kappa shape index (κ2) is 9.08. The van der Waals surface area contributed by atoms with Gasteiger partial charge < -0.3 is 4.90 Å². The lowest BCUT2D eigenvalue weighted by atomic mass is 9.99. The van der Waals surface area contributed by atoms with E-state index in [0.29, 0.717) is 12.1 Å². The van der Waals surface area contributed by atoms with E-state index in [1.165, 1.54) is 0 Å². The Morgan fingerprint density at radius 3 is 2.37 bits per heavy atom. The minimum atomic E-state index is -0.0417. The number of Topliss-reactive ketones (excluding diaryl/α,β-unsaturated/α-hetero) is 1. The van der Waals surface area contributed by atoms with Gasteiger partial charge >= 0.3 is 0 Å². The van der Waals surface area contributed by atoms with Gasteiger partial charge in [0.2, 0.25) is 5.91 Å². The summed E-state index contributed by atoms with van der Waals surface area (Å²) in [4.78, 5) is 27.0. The standard InChI is InChI=1S/C25H29N3O2/c1-17-11-12-18(2)22(15-17)24(29)13-14-25(30)27(5)16-23-19(3)26-28(20(23)4)21-9-7-6-8-10-21/h6-12,15H,13-14,16H2,1-5H3. The first kappa shape index (κ1) is 21.5. The summed E-state index contributed by atoms with van der Waals surface area (Å²) in [6.45, 7) is 8.35. The van der Waals surface area contributed by atoms with Gasteiger partial charge in [-0.1, -0.05) is 35.9 Å². The highest BCUT2D eigenvalue weighted by atomic mass is 16.2. The summed E-state index contributed by atoms with van der Waals surface area (Å²) >= 11 is 0. The smallest absolute Gasteiger partial charge is 0.223 e. The maximum Gasteiger partial charge on any atom is 0.223 e. The molecule has 5 heteroatoms. The van der Waals surface area contributed by atoms with Crippen LogP contribution < -0.4 is 0 Å². The van der Waals surface area contributed by atoms with Crippen molar-refractivity contribution in [2.24, 2.45) is 0 Å². The van der Waals surface area contributed by atoms with Crippen LogP contribution in [0.5, 0.6) is 0 Å². The van der Waals surface area contributed by atoms with Crippen LogP contribution in [-0.2, 0) is 11.3 Å². The number of ketones is 1. The van der Waals surface area contributed by atoms with Gasteiger partial charge in [0.1, 0.15) is 0 Å². The number of carbonyl (C=O) groups is 2. The number of para-hydroxylation sites is 1. The fraction of sp³-hybridized carbons (Fsp3) is 0.320. The molecule has 0 N–H and O–H groups in total. The van der Waals surface area contributed by atoms with Crippen LogP contribution in [0.15, 0.2) is 48.5 Å². The second-order valence-corrected chi connectivity index (χ2v) is 7.89. The number of rotatable bonds is 7. The molecule has 0 bridgehead atoms. The van der Waals surface area contributed by atoms with E-state index < -0.39 is 0 Å². The quantitative estimate of drug-likeness (QED) is 0.536. The molecule has 0 saturated carbocycles. The number of amides is 1. The van der Waals surface area contributed by atoms with Gasteiger partial charge in [0.25, 0.3) is 0 Å². The van der Waals surface area contributed by atoms with Gasteiger partial charge in [0.15, 0.2) is 5.78 Å². The zero-order valence-corrected chi connectivity index (χ0v) is 18.4. The lowest BCUT2D eigenvalue weighted by molar-refractivity contribution is -0.130. The minimum absolute atomic E-state index is 0.0159. The second-order valence-electron chi connectivity index (χ2n) is 7.89. The molecule has 1 heterocycles. The van der Waals surface area contributed by atoms with Crippen LogP contribution in [0, 0.1) is 27.7 Å². The number of nitrogens with zero attached hydrogens (tertiary/aromatic N) is 3. The summed E-state index contributed by atoms with van der Waals surface area (Å²) in [5.41, 5.74) is 6.67. The van der Waals surface area contributed by atoms with Crippen molar-refractivity contribution in [3.8, 4) is 5.69 Å². The van der Waals surface area contributed by atoms with Crippen LogP contribution in [0.2, 0.25) is 0 Å². The predicted octanol–water partition coefficient (Wildman–Crippen LogP) is 4.73. The summed E-state index contributed by atoms with van der Waals surface area (Å²) < 4.78 is 1.91. The monoisotopic (exact) mass is 403 g/mol. The van der Waals surface area contributed by atoms with Crippen LogP contribution >= 0.6 is 0 Å². The van der Waals surface area contributed by atoms with E-state index in [2.05, 4.69) is 5.10 Å². The molecule has 30 heavy (non-hydrogen) atoms.